The fourth-order valence-electron chi connectivity index (χ4n) is 7.72. The second-order valence-corrected chi connectivity index (χ2v) is 13.8. The van der Waals surface area contributed by atoms with Crippen LogP contribution in [0.25, 0.3) is 11.3 Å². The molecule has 3 aromatic rings. The number of nitrogens with two attached hydrogens (primary N) is 1. The van der Waals surface area contributed by atoms with E-state index in [1.807, 2.05) is 12.1 Å². The van der Waals surface area contributed by atoms with Gasteiger partial charge in [0, 0.05) is 80.8 Å². The predicted octanol–water partition coefficient (Wildman–Crippen LogP) is 4.28. The van der Waals surface area contributed by atoms with E-state index < -0.39 is 5.91 Å². The van der Waals surface area contributed by atoms with Crippen LogP contribution in [0, 0.1) is 12.3 Å². The van der Waals surface area contributed by atoms with Crippen LogP contribution < -0.4 is 21.3 Å². The van der Waals surface area contributed by atoms with Gasteiger partial charge < -0.3 is 30.9 Å². The van der Waals surface area contributed by atoms with Crippen molar-refractivity contribution in [1.82, 2.24) is 24.8 Å². The minimum Gasteiger partial charge on any atom is -0.381 e. The smallest absolute Gasteiger partial charge is 0.271 e. The number of aryl methyl sites for hydroxylation is 1. The average Bonchev–Trinajstić information content (AvgIpc) is 3.05. The number of aromatic nitrogens is 3. The van der Waals surface area contributed by atoms with Gasteiger partial charge in [0.15, 0.2) is 17.3 Å². The van der Waals surface area contributed by atoms with Crippen LogP contribution in [0.5, 0.6) is 0 Å². The first-order valence-corrected chi connectivity index (χ1v) is 16.9. The Morgan fingerprint density at radius 1 is 0.957 bits per heavy atom. The molecule has 7 rings (SSSR count). The molecule has 0 unspecified atom stereocenters. The van der Waals surface area contributed by atoms with E-state index in [1.54, 1.807) is 12.4 Å². The summed E-state index contributed by atoms with van der Waals surface area (Å²) in [4.78, 5) is 34.2. The van der Waals surface area contributed by atoms with Crippen molar-refractivity contribution >= 4 is 28.9 Å². The Bertz CT molecular complexity index is 1520. The zero-order valence-corrected chi connectivity index (χ0v) is 27.2. The lowest BCUT2D eigenvalue weighted by molar-refractivity contribution is -0.0704. The van der Waals surface area contributed by atoms with E-state index in [2.05, 4.69) is 62.5 Å². The number of anilines is 4. The number of nitrogens with zero attached hydrogens (tertiary/aromatic N) is 6. The van der Waals surface area contributed by atoms with E-state index >= 15 is 0 Å². The molecule has 4 aliphatic rings. The van der Waals surface area contributed by atoms with Crippen LogP contribution in [-0.2, 0) is 4.74 Å². The number of likely N-dealkylation sites (tertiary alicyclic amines) is 2. The lowest BCUT2D eigenvalue weighted by atomic mass is 9.71. The molecule has 4 saturated heterocycles. The van der Waals surface area contributed by atoms with Gasteiger partial charge in [-0.2, -0.15) is 0 Å². The van der Waals surface area contributed by atoms with Crippen molar-refractivity contribution in [2.45, 2.75) is 57.5 Å². The Morgan fingerprint density at radius 3 is 2.35 bits per heavy atom. The number of carbonyl (C=O) groups excluding carboxylic acids is 1. The van der Waals surface area contributed by atoms with Crippen molar-refractivity contribution in [2.75, 3.05) is 75.1 Å². The summed E-state index contributed by atoms with van der Waals surface area (Å²) in [6, 6.07) is 11.0. The van der Waals surface area contributed by atoms with Crippen LogP contribution in [-0.4, -0.2) is 102 Å². The van der Waals surface area contributed by atoms with Gasteiger partial charge in [-0.3, -0.25) is 14.7 Å². The fraction of sp³-hybridized carbons (Fsp3) is 0.543. The van der Waals surface area contributed by atoms with Crippen molar-refractivity contribution in [3.63, 3.8) is 0 Å². The number of benzene rings is 1. The predicted molar refractivity (Wildman–Crippen MR) is 182 cm³/mol. The van der Waals surface area contributed by atoms with E-state index in [9.17, 15) is 4.79 Å². The molecule has 4 aliphatic heterocycles. The van der Waals surface area contributed by atoms with Crippen LogP contribution in [0.1, 0.15) is 54.6 Å². The highest BCUT2D eigenvalue weighted by Crippen LogP contribution is 2.43. The molecular formula is C35H47N9O2. The standard InChI is InChI=1S/C35H47N9O2/c1-24-21-27(3-4-29(24)43-15-7-28(8-16-43)44-22-35(23-44)11-17-42(2)18-12-35)39-34-31(32(36)45)40-30(25-5-13-37-14-6-25)33(41-34)38-26-9-19-46-20-10-26/h3-6,13-14,21,26,28H,7-12,15-20,22-23H2,1-2H3,(H2,36,45)(H2,38,39,41). The molecule has 11 heteroatoms. The molecule has 1 spiro atoms. The van der Waals surface area contributed by atoms with E-state index in [-0.39, 0.29) is 11.7 Å². The van der Waals surface area contributed by atoms with Crippen LogP contribution in [0.3, 0.4) is 0 Å². The second kappa shape index (κ2) is 13.1. The molecule has 11 nitrogen and oxygen atoms in total. The summed E-state index contributed by atoms with van der Waals surface area (Å²) in [6.45, 7) is 10.8. The molecule has 2 aromatic heterocycles. The first-order chi connectivity index (χ1) is 22.4. The molecule has 46 heavy (non-hydrogen) atoms. The highest BCUT2D eigenvalue weighted by Gasteiger charge is 2.46. The normalized spacial score (nSPS) is 21.2. The zero-order chi connectivity index (χ0) is 31.7. The van der Waals surface area contributed by atoms with Crippen molar-refractivity contribution in [1.29, 1.82) is 0 Å². The summed E-state index contributed by atoms with van der Waals surface area (Å²) in [5, 5.41) is 6.93. The maximum absolute atomic E-state index is 12.6. The van der Waals surface area contributed by atoms with Gasteiger partial charge in [0.1, 0.15) is 5.69 Å². The number of ether oxygens (including phenoxy) is 1. The third-order valence-electron chi connectivity index (χ3n) is 10.6. The number of pyridine rings is 1. The highest BCUT2D eigenvalue weighted by molar-refractivity contribution is 5.97. The fourth-order valence-corrected chi connectivity index (χ4v) is 7.72. The van der Waals surface area contributed by atoms with Crippen LogP contribution >= 0.6 is 0 Å². The van der Waals surface area contributed by atoms with E-state index in [0.29, 0.717) is 42.0 Å². The Morgan fingerprint density at radius 2 is 1.67 bits per heavy atom. The second-order valence-electron chi connectivity index (χ2n) is 13.8. The van der Waals surface area contributed by atoms with E-state index in [4.69, 9.17) is 20.4 Å². The highest BCUT2D eigenvalue weighted by atomic mass is 16.5. The van der Waals surface area contributed by atoms with Gasteiger partial charge in [0.25, 0.3) is 5.91 Å². The number of hydrogen-bond acceptors (Lipinski definition) is 10. The Labute approximate surface area is 271 Å². The number of amides is 1. The van der Waals surface area contributed by atoms with Gasteiger partial charge in [-0.25, -0.2) is 9.97 Å². The summed E-state index contributed by atoms with van der Waals surface area (Å²) < 4.78 is 5.55. The molecule has 244 valence electrons. The van der Waals surface area contributed by atoms with Crippen LogP contribution in [0.2, 0.25) is 0 Å². The number of piperidine rings is 2. The quantitative estimate of drug-likeness (QED) is 0.334. The number of rotatable bonds is 8. The molecule has 0 radical (unpaired) electrons. The van der Waals surface area contributed by atoms with E-state index in [0.717, 1.165) is 37.2 Å². The average molecular weight is 626 g/mol. The Kier molecular flexibility index (Phi) is 8.80. The third-order valence-corrected chi connectivity index (χ3v) is 10.6. The van der Waals surface area contributed by atoms with Gasteiger partial charge >= 0.3 is 0 Å². The molecule has 6 heterocycles. The topological polar surface area (TPSA) is 125 Å². The lowest BCUT2D eigenvalue weighted by Gasteiger charge is -2.57. The van der Waals surface area contributed by atoms with Crippen molar-refractivity contribution < 1.29 is 9.53 Å². The maximum Gasteiger partial charge on any atom is 0.271 e. The number of hydrogen-bond donors (Lipinski definition) is 3. The number of carbonyl (C=O) groups is 1. The monoisotopic (exact) mass is 625 g/mol. The summed E-state index contributed by atoms with van der Waals surface area (Å²) in [5.74, 6) is 0.304. The van der Waals surface area contributed by atoms with Crippen molar-refractivity contribution in [3.8, 4) is 11.3 Å². The first-order valence-electron chi connectivity index (χ1n) is 16.9. The van der Waals surface area contributed by atoms with Gasteiger partial charge in [-0.05, 0) is 107 Å². The zero-order valence-electron chi connectivity index (χ0n) is 27.2. The summed E-state index contributed by atoms with van der Waals surface area (Å²) in [7, 11) is 2.25. The molecule has 4 fully saturated rings. The maximum atomic E-state index is 12.6. The largest absolute Gasteiger partial charge is 0.381 e. The molecule has 1 aromatic carbocycles. The Balaban J connectivity index is 1.05. The molecule has 1 amide bonds. The SMILES string of the molecule is Cc1cc(Nc2nc(NC3CCOCC3)c(-c3ccncc3)nc2C(N)=O)ccc1N1CCC(N2CC3(CCN(C)CC3)C2)CC1. The van der Waals surface area contributed by atoms with Gasteiger partial charge in [0.05, 0.1) is 0 Å². The van der Waals surface area contributed by atoms with Gasteiger partial charge in [0.2, 0.25) is 0 Å². The summed E-state index contributed by atoms with van der Waals surface area (Å²) >= 11 is 0. The molecule has 0 aliphatic carbocycles. The van der Waals surface area contributed by atoms with Crippen molar-refractivity contribution in [2.24, 2.45) is 11.1 Å². The van der Waals surface area contributed by atoms with E-state index in [1.165, 1.54) is 63.1 Å². The molecule has 0 saturated carbocycles. The molecule has 4 N–H and O–H groups in total. The minimum absolute atomic E-state index is 0.0983. The lowest BCUT2D eigenvalue weighted by Crippen LogP contribution is -2.63. The van der Waals surface area contributed by atoms with Gasteiger partial charge in [-0.15, -0.1) is 0 Å². The van der Waals surface area contributed by atoms with Crippen LogP contribution in [0.4, 0.5) is 23.0 Å². The van der Waals surface area contributed by atoms with Crippen molar-refractivity contribution in [3.05, 3.63) is 54.0 Å². The molecule has 0 atom stereocenters. The molecular weight excluding hydrogens is 578 g/mol. The summed E-state index contributed by atoms with van der Waals surface area (Å²) in [6.07, 6.45) is 10.3. The minimum atomic E-state index is -0.636. The van der Waals surface area contributed by atoms with Gasteiger partial charge in [-0.1, -0.05) is 0 Å². The third kappa shape index (κ3) is 6.54. The first kappa shape index (κ1) is 30.8. The number of primary amides is 1. The van der Waals surface area contributed by atoms with Crippen LogP contribution in [0.15, 0.2) is 42.7 Å². The summed E-state index contributed by atoms with van der Waals surface area (Å²) in [5.41, 5.74) is 11.2. The molecule has 0 bridgehead atoms. The number of nitrogens with one attached hydrogen (secondary N) is 2. The Hall–Kier alpha value is -3.80.